The fourth-order valence-electron chi connectivity index (χ4n) is 0.909. The van der Waals surface area contributed by atoms with E-state index >= 15 is 0 Å². The molecular formula is C9H12Cl2N4O. The number of nitrogens with zero attached hydrogens (tertiary/aromatic N) is 3. The second-order valence-corrected chi connectivity index (χ2v) is 3.49. The third-order valence-electron chi connectivity index (χ3n) is 1.58. The Hall–Kier alpha value is -0.910. The van der Waals surface area contributed by atoms with Gasteiger partial charge < -0.3 is 10.1 Å². The summed E-state index contributed by atoms with van der Waals surface area (Å²) in [5.41, 5.74) is 0. The minimum atomic E-state index is 0.0649. The van der Waals surface area contributed by atoms with Crippen LogP contribution >= 0.6 is 23.2 Å². The number of rotatable bonds is 7. The summed E-state index contributed by atoms with van der Waals surface area (Å²) in [7, 11) is 0. The van der Waals surface area contributed by atoms with Gasteiger partial charge in [0.25, 0.3) is 0 Å². The number of nitrogens with one attached hydrogen (secondary N) is 1. The molecule has 0 aliphatic heterocycles. The molecule has 1 aromatic heterocycles. The van der Waals surface area contributed by atoms with Crippen molar-refractivity contribution < 1.29 is 4.74 Å². The van der Waals surface area contributed by atoms with Crippen molar-refractivity contribution in [2.75, 3.05) is 25.1 Å². The van der Waals surface area contributed by atoms with Crippen molar-refractivity contribution in [2.45, 2.75) is 6.42 Å². The quantitative estimate of drug-likeness (QED) is 0.603. The highest BCUT2D eigenvalue weighted by Crippen LogP contribution is 2.08. The van der Waals surface area contributed by atoms with E-state index in [1.54, 1.807) is 6.08 Å². The van der Waals surface area contributed by atoms with Gasteiger partial charge in [0.1, 0.15) is 0 Å². The predicted octanol–water partition coefficient (Wildman–Crippen LogP) is 2.18. The molecule has 0 saturated heterocycles. The number of hydrogen-bond acceptors (Lipinski definition) is 5. The summed E-state index contributed by atoms with van der Waals surface area (Å²) < 4.78 is 5.29. The maximum atomic E-state index is 5.60. The topological polar surface area (TPSA) is 59.9 Å². The van der Waals surface area contributed by atoms with Gasteiger partial charge in [-0.15, -0.1) is 6.58 Å². The van der Waals surface area contributed by atoms with E-state index in [1.807, 2.05) is 0 Å². The van der Waals surface area contributed by atoms with Crippen molar-refractivity contribution in [1.82, 2.24) is 15.0 Å². The van der Waals surface area contributed by atoms with Gasteiger partial charge in [-0.25, -0.2) is 0 Å². The van der Waals surface area contributed by atoms with Crippen LogP contribution in [0.1, 0.15) is 6.42 Å². The Balaban J connectivity index is 2.23. The Morgan fingerprint density at radius 2 is 1.88 bits per heavy atom. The second-order valence-electron chi connectivity index (χ2n) is 2.81. The molecule has 1 aromatic rings. The molecule has 0 spiro atoms. The van der Waals surface area contributed by atoms with Gasteiger partial charge in [-0.1, -0.05) is 6.08 Å². The maximum absolute atomic E-state index is 5.60. The van der Waals surface area contributed by atoms with Crippen LogP contribution in [0.5, 0.6) is 0 Å². The Kier molecular flexibility index (Phi) is 6.07. The van der Waals surface area contributed by atoms with Crippen LogP contribution in [0.4, 0.5) is 5.95 Å². The molecule has 88 valence electrons. The van der Waals surface area contributed by atoms with Gasteiger partial charge in [0.15, 0.2) is 0 Å². The van der Waals surface area contributed by atoms with Crippen molar-refractivity contribution in [3.8, 4) is 0 Å². The molecule has 0 radical (unpaired) electrons. The molecule has 0 aliphatic rings. The maximum Gasteiger partial charge on any atom is 0.228 e. The first-order valence-corrected chi connectivity index (χ1v) is 5.47. The van der Waals surface area contributed by atoms with Crippen LogP contribution < -0.4 is 5.32 Å². The van der Waals surface area contributed by atoms with E-state index in [0.29, 0.717) is 25.7 Å². The standard InChI is InChI=1S/C9H12Cl2N4O/c1-2-3-5-16-6-4-12-9-14-7(10)13-8(11)15-9/h2H,1,3-6H2,(H,12,13,14,15). The summed E-state index contributed by atoms with van der Waals surface area (Å²) in [6.45, 7) is 5.38. The summed E-state index contributed by atoms with van der Waals surface area (Å²) in [6.07, 6.45) is 2.64. The Morgan fingerprint density at radius 1 is 1.19 bits per heavy atom. The number of halogens is 2. The molecule has 7 heteroatoms. The fourth-order valence-corrected chi connectivity index (χ4v) is 1.27. The largest absolute Gasteiger partial charge is 0.379 e. The van der Waals surface area contributed by atoms with E-state index in [4.69, 9.17) is 27.9 Å². The Morgan fingerprint density at radius 3 is 2.50 bits per heavy atom. The van der Waals surface area contributed by atoms with E-state index in [2.05, 4.69) is 26.8 Å². The lowest BCUT2D eigenvalue weighted by Gasteiger charge is -2.05. The summed E-state index contributed by atoms with van der Waals surface area (Å²) in [5.74, 6) is 0.345. The molecule has 16 heavy (non-hydrogen) atoms. The molecule has 0 unspecified atom stereocenters. The zero-order valence-electron chi connectivity index (χ0n) is 8.62. The summed E-state index contributed by atoms with van der Waals surface area (Å²) >= 11 is 11.2. The van der Waals surface area contributed by atoms with E-state index in [1.165, 1.54) is 0 Å². The zero-order valence-corrected chi connectivity index (χ0v) is 10.1. The lowest BCUT2D eigenvalue weighted by Crippen LogP contribution is -2.12. The van der Waals surface area contributed by atoms with Crippen molar-refractivity contribution in [1.29, 1.82) is 0 Å². The van der Waals surface area contributed by atoms with E-state index in [0.717, 1.165) is 6.42 Å². The molecule has 0 saturated carbocycles. The number of hydrogen-bond donors (Lipinski definition) is 1. The minimum absolute atomic E-state index is 0.0649. The third-order valence-corrected chi connectivity index (χ3v) is 1.91. The predicted molar refractivity (Wildman–Crippen MR) is 64.0 cm³/mol. The van der Waals surface area contributed by atoms with Crippen LogP contribution in [0.15, 0.2) is 12.7 Å². The molecule has 0 fully saturated rings. The van der Waals surface area contributed by atoms with Crippen LogP contribution in [0, 0.1) is 0 Å². The van der Waals surface area contributed by atoms with Gasteiger partial charge in [-0.3, -0.25) is 0 Å². The van der Waals surface area contributed by atoms with Crippen LogP contribution in [0.3, 0.4) is 0 Å². The highest BCUT2D eigenvalue weighted by Gasteiger charge is 2.01. The molecule has 1 rings (SSSR count). The summed E-state index contributed by atoms with van der Waals surface area (Å²) in [6, 6.07) is 0. The van der Waals surface area contributed by atoms with Crippen LogP contribution in [0.2, 0.25) is 10.6 Å². The van der Waals surface area contributed by atoms with Gasteiger partial charge in [0.2, 0.25) is 16.5 Å². The van der Waals surface area contributed by atoms with Crippen molar-refractivity contribution in [2.24, 2.45) is 0 Å². The van der Waals surface area contributed by atoms with Gasteiger partial charge >= 0.3 is 0 Å². The first kappa shape index (κ1) is 13.2. The molecule has 1 heterocycles. The lowest BCUT2D eigenvalue weighted by atomic mass is 10.4. The van der Waals surface area contributed by atoms with Gasteiger partial charge in [0.05, 0.1) is 13.2 Å². The van der Waals surface area contributed by atoms with Crippen LogP contribution in [0.25, 0.3) is 0 Å². The van der Waals surface area contributed by atoms with Crippen molar-refractivity contribution in [3.63, 3.8) is 0 Å². The normalized spacial score (nSPS) is 10.1. The highest BCUT2D eigenvalue weighted by atomic mass is 35.5. The lowest BCUT2D eigenvalue weighted by molar-refractivity contribution is 0.149. The second kappa shape index (κ2) is 7.38. The molecule has 0 aromatic carbocycles. The first-order chi connectivity index (χ1) is 7.72. The monoisotopic (exact) mass is 262 g/mol. The van der Waals surface area contributed by atoms with Gasteiger partial charge in [-0.2, -0.15) is 15.0 Å². The Bertz CT molecular complexity index is 328. The van der Waals surface area contributed by atoms with E-state index in [9.17, 15) is 0 Å². The van der Waals surface area contributed by atoms with Crippen LogP contribution in [-0.4, -0.2) is 34.7 Å². The number of anilines is 1. The summed E-state index contributed by atoms with van der Waals surface area (Å²) in [4.78, 5) is 11.3. The van der Waals surface area contributed by atoms with Gasteiger partial charge in [-0.05, 0) is 29.6 Å². The van der Waals surface area contributed by atoms with E-state index in [-0.39, 0.29) is 10.6 Å². The number of aromatic nitrogens is 3. The smallest absolute Gasteiger partial charge is 0.228 e. The molecular weight excluding hydrogens is 251 g/mol. The molecule has 5 nitrogen and oxygen atoms in total. The van der Waals surface area contributed by atoms with Crippen molar-refractivity contribution in [3.05, 3.63) is 23.2 Å². The van der Waals surface area contributed by atoms with Gasteiger partial charge in [0, 0.05) is 6.54 Å². The molecule has 0 bridgehead atoms. The molecule has 0 atom stereocenters. The third kappa shape index (κ3) is 5.25. The fraction of sp³-hybridized carbons (Fsp3) is 0.444. The Labute approximate surface area is 104 Å². The average Bonchev–Trinajstić information content (AvgIpc) is 2.22. The van der Waals surface area contributed by atoms with E-state index < -0.39 is 0 Å². The average molecular weight is 263 g/mol. The zero-order chi connectivity index (χ0) is 11.8. The SMILES string of the molecule is C=CCCOCCNc1nc(Cl)nc(Cl)n1. The number of ether oxygens (including phenoxy) is 1. The highest BCUT2D eigenvalue weighted by molar-refractivity contribution is 6.31. The molecule has 0 aliphatic carbocycles. The minimum Gasteiger partial charge on any atom is -0.379 e. The van der Waals surface area contributed by atoms with Crippen molar-refractivity contribution >= 4 is 29.2 Å². The molecule has 1 N–H and O–H groups in total. The van der Waals surface area contributed by atoms with Crippen LogP contribution in [-0.2, 0) is 4.74 Å². The molecule has 0 amide bonds. The summed E-state index contributed by atoms with van der Waals surface area (Å²) in [5, 5.41) is 3.05. The first-order valence-electron chi connectivity index (χ1n) is 4.72.